The van der Waals surface area contributed by atoms with Gasteiger partial charge in [-0.1, -0.05) is 24.3 Å². The molecule has 0 fully saturated rings. The molecule has 2 aromatic carbocycles. The lowest BCUT2D eigenvalue weighted by atomic mass is 10.1. The number of aliphatic hydroxyl groups is 1. The molecule has 0 bridgehead atoms. The summed E-state index contributed by atoms with van der Waals surface area (Å²) in [7, 11) is 2.90. The lowest BCUT2D eigenvalue weighted by Crippen LogP contribution is -2.40. The van der Waals surface area contributed by atoms with E-state index >= 15 is 0 Å². The van der Waals surface area contributed by atoms with Gasteiger partial charge in [0.05, 0.1) is 24.9 Å². The van der Waals surface area contributed by atoms with Gasteiger partial charge >= 0.3 is 11.8 Å². The summed E-state index contributed by atoms with van der Waals surface area (Å²) >= 11 is 0. The van der Waals surface area contributed by atoms with Gasteiger partial charge in [-0.25, -0.2) is 0 Å². The van der Waals surface area contributed by atoms with E-state index < -0.39 is 24.0 Å². The summed E-state index contributed by atoms with van der Waals surface area (Å²) in [5.74, 6) is -1.84. The van der Waals surface area contributed by atoms with Crippen LogP contribution in [0, 0.1) is 0 Å². The first-order valence-electron chi connectivity index (χ1n) is 8.72. The molecule has 2 aromatic rings. The van der Waals surface area contributed by atoms with E-state index in [0.29, 0.717) is 12.0 Å². The van der Waals surface area contributed by atoms with Crippen molar-refractivity contribution in [2.24, 2.45) is 0 Å². The number of methoxy groups -OCH3 is 1. The predicted octanol–water partition coefficient (Wildman–Crippen LogP) is 0.768. The van der Waals surface area contributed by atoms with E-state index in [1.165, 1.54) is 32.4 Å². The van der Waals surface area contributed by atoms with E-state index in [1.807, 2.05) is 24.3 Å². The second kappa shape index (κ2) is 8.10. The number of carbonyl (C=O) groups is 3. The monoisotopic (exact) mass is 383 g/mol. The van der Waals surface area contributed by atoms with Gasteiger partial charge in [0.15, 0.2) is 0 Å². The van der Waals surface area contributed by atoms with E-state index in [9.17, 15) is 19.5 Å². The molecule has 0 saturated heterocycles. The highest BCUT2D eigenvalue weighted by molar-refractivity contribution is 6.39. The molecule has 1 aliphatic carbocycles. The van der Waals surface area contributed by atoms with Crippen molar-refractivity contribution in [2.45, 2.75) is 18.6 Å². The second-order valence-corrected chi connectivity index (χ2v) is 6.37. The van der Waals surface area contributed by atoms with Gasteiger partial charge in [0.25, 0.3) is 5.91 Å². The van der Waals surface area contributed by atoms with Crippen LogP contribution in [-0.2, 0) is 16.0 Å². The first kappa shape index (κ1) is 19.4. The predicted molar refractivity (Wildman–Crippen MR) is 102 cm³/mol. The number of ether oxygens (including phenoxy) is 1. The van der Waals surface area contributed by atoms with Crippen molar-refractivity contribution >= 4 is 23.4 Å². The Kier molecular flexibility index (Phi) is 5.60. The molecule has 0 aromatic heterocycles. The molecule has 0 unspecified atom stereocenters. The average Bonchev–Trinajstić information content (AvgIpc) is 3.02. The maximum atomic E-state index is 12.3. The molecule has 0 saturated carbocycles. The summed E-state index contributed by atoms with van der Waals surface area (Å²) < 4.78 is 5.19. The van der Waals surface area contributed by atoms with Crippen molar-refractivity contribution in [2.75, 3.05) is 19.5 Å². The van der Waals surface area contributed by atoms with Crippen LogP contribution in [0.3, 0.4) is 0 Å². The number of amides is 3. The number of benzene rings is 2. The van der Waals surface area contributed by atoms with Gasteiger partial charge in [0, 0.05) is 19.0 Å². The number of hydrogen-bond donors (Lipinski definition) is 4. The van der Waals surface area contributed by atoms with Crippen LogP contribution in [0.4, 0.5) is 5.69 Å². The number of aliphatic hydroxyl groups excluding tert-OH is 1. The zero-order chi connectivity index (χ0) is 20.3. The van der Waals surface area contributed by atoms with Crippen LogP contribution >= 0.6 is 0 Å². The Hall–Kier alpha value is -3.39. The number of fused-ring (bicyclic) bond motifs is 1. The normalized spacial score (nSPS) is 17.4. The third-order valence-corrected chi connectivity index (χ3v) is 4.64. The summed E-state index contributed by atoms with van der Waals surface area (Å²) in [5.41, 5.74) is 2.34. The lowest BCUT2D eigenvalue weighted by Gasteiger charge is -2.18. The highest BCUT2D eigenvalue weighted by Crippen LogP contribution is 2.31. The third-order valence-electron chi connectivity index (χ3n) is 4.64. The summed E-state index contributed by atoms with van der Waals surface area (Å²) in [6.07, 6.45) is -0.382. The molecule has 0 spiro atoms. The number of hydrogen-bond acceptors (Lipinski definition) is 5. The molecule has 0 radical (unpaired) electrons. The van der Waals surface area contributed by atoms with E-state index in [0.717, 1.165) is 11.1 Å². The Balaban J connectivity index is 1.71. The van der Waals surface area contributed by atoms with Crippen LogP contribution in [-0.4, -0.2) is 43.1 Å². The van der Waals surface area contributed by atoms with Crippen molar-refractivity contribution in [3.63, 3.8) is 0 Å². The molecule has 2 atom stereocenters. The molecule has 1 aliphatic rings. The summed E-state index contributed by atoms with van der Waals surface area (Å²) in [5, 5.41) is 17.8. The summed E-state index contributed by atoms with van der Waals surface area (Å²) in [6, 6.07) is 11.2. The minimum atomic E-state index is -0.900. The van der Waals surface area contributed by atoms with E-state index in [1.54, 1.807) is 0 Å². The topological polar surface area (TPSA) is 117 Å². The van der Waals surface area contributed by atoms with Crippen molar-refractivity contribution < 1.29 is 24.2 Å². The molecular weight excluding hydrogens is 362 g/mol. The number of nitrogens with one attached hydrogen (secondary N) is 3. The van der Waals surface area contributed by atoms with Crippen LogP contribution in [0.15, 0.2) is 42.5 Å². The molecule has 0 aliphatic heterocycles. The van der Waals surface area contributed by atoms with Crippen LogP contribution in [0.2, 0.25) is 0 Å². The molecular formula is C20H21N3O5. The quantitative estimate of drug-likeness (QED) is 0.582. The Labute approximate surface area is 161 Å². The minimum absolute atomic E-state index is 0.244. The zero-order valence-electron chi connectivity index (χ0n) is 15.5. The highest BCUT2D eigenvalue weighted by atomic mass is 16.5. The summed E-state index contributed by atoms with van der Waals surface area (Å²) in [4.78, 5) is 36.4. The minimum Gasteiger partial charge on any atom is -0.495 e. The first-order chi connectivity index (χ1) is 13.4. The molecule has 0 heterocycles. The SMILES string of the molecule is CNC(=O)c1ccc(NC(=O)C(=O)N[C@H]2c3ccccc3C[C@H]2O)c(OC)c1. The van der Waals surface area contributed by atoms with Crippen LogP contribution in [0.1, 0.15) is 27.5 Å². The fraction of sp³-hybridized carbons (Fsp3) is 0.250. The van der Waals surface area contributed by atoms with Crippen molar-refractivity contribution in [1.82, 2.24) is 10.6 Å². The third kappa shape index (κ3) is 3.81. The summed E-state index contributed by atoms with van der Waals surface area (Å²) in [6.45, 7) is 0. The Morgan fingerprint density at radius 3 is 2.57 bits per heavy atom. The van der Waals surface area contributed by atoms with Crippen molar-refractivity contribution in [3.05, 3.63) is 59.2 Å². The smallest absolute Gasteiger partial charge is 0.313 e. The maximum Gasteiger partial charge on any atom is 0.313 e. The van der Waals surface area contributed by atoms with E-state index in [-0.39, 0.29) is 17.3 Å². The number of rotatable bonds is 4. The van der Waals surface area contributed by atoms with Gasteiger partial charge in [-0.2, -0.15) is 0 Å². The van der Waals surface area contributed by atoms with Crippen LogP contribution in [0.25, 0.3) is 0 Å². The number of anilines is 1. The maximum absolute atomic E-state index is 12.3. The van der Waals surface area contributed by atoms with Crippen molar-refractivity contribution in [1.29, 1.82) is 0 Å². The fourth-order valence-corrected chi connectivity index (χ4v) is 3.21. The van der Waals surface area contributed by atoms with E-state index in [4.69, 9.17) is 4.74 Å². The number of carbonyl (C=O) groups excluding carboxylic acids is 3. The van der Waals surface area contributed by atoms with Gasteiger partial charge < -0.3 is 25.8 Å². The largest absolute Gasteiger partial charge is 0.495 e. The Bertz CT molecular complexity index is 928. The molecule has 8 nitrogen and oxygen atoms in total. The van der Waals surface area contributed by atoms with Crippen LogP contribution < -0.4 is 20.7 Å². The van der Waals surface area contributed by atoms with Gasteiger partial charge in [0.2, 0.25) is 0 Å². The standard InChI is InChI=1S/C20H21N3O5/c1-21-18(25)12-7-8-14(16(10-12)28-2)22-19(26)20(27)23-17-13-6-4-3-5-11(13)9-15(17)24/h3-8,10,15,17,24H,9H2,1-2H3,(H,21,25)(H,22,26)(H,23,27)/t15-,17+/m1/s1. The second-order valence-electron chi connectivity index (χ2n) is 6.37. The lowest BCUT2D eigenvalue weighted by molar-refractivity contribution is -0.137. The molecule has 3 amide bonds. The Morgan fingerprint density at radius 2 is 1.86 bits per heavy atom. The zero-order valence-corrected chi connectivity index (χ0v) is 15.5. The van der Waals surface area contributed by atoms with Gasteiger partial charge in [-0.05, 0) is 29.3 Å². The van der Waals surface area contributed by atoms with Gasteiger partial charge in [-0.3, -0.25) is 14.4 Å². The van der Waals surface area contributed by atoms with Gasteiger partial charge in [-0.15, -0.1) is 0 Å². The molecule has 8 heteroatoms. The Morgan fingerprint density at radius 1 is 1.11 bits per heavy atom. The van der Waals surface area contributed by atoms with Crippen molar-refractivity contribution in [3.8, 4) is 5.75 Å². The molecule has 3 rings (SSSR count). The molecule has 28 heavy (non-hydrogen) atoms. The molecule has 4 N–H and O–H groups in total. The average molecular weight is 383 g/mol. The van der Waals surface area contributed by atoms with Gasteiger partial charge in [0.1, 0.15) is 5.75 Å². The van der Waals surface area contributed by atoms with E-state index in [2.05, 4.69) is 16.0 Å². The first-order valence-corrected chi connectivity index (χ1v) is 8.72. The van der Waals surface area contributed by atoms with Crippen LogP contribution in [0.5, 0.6) is 5.75 Å². The molecule has 146 valence electrons. The highest BCUT2D eigenvalue weighted by Gasteiger charge is 2.33. The fourth-order valence-electron chi connectivity index (χ4n) is 3.21.